The fourth-order valence-corrected chi connectivity index (χ4v) is 2.55. The number of para-hydroxylation sites is 2. The van der Waals surface area contributed by atoms with E-state index in [4.69, 9.17) is 9.47 Å². The summed E-state index contributed by atoms with van der Waals surface area (Å²) in [5.74, 6) is 0.708. The highest BCUT2D eigenvalue weighted by atomic mass is 16.6. The van der Waals surface area contributed by atoms with Crippen LogP contribution >= 0.6 is 0 Å². The van der Waals surface area contributed by atoms with Crippen molar-refractivity contribution < 1.29 is 19.2 Å². The van der Waals surface area contributed by atoms with Gasteiger partial charge in [-0.3, -0.25) is 19.6 Å². The van der Waals surface area contributed by atoms with Gasteiger partial charge in [-0.2, -0.15) is 5.10 Å². The van der Waals surface area contributed by atoms with E-state index in [9.17, 15) is 14.9 Å². The van der Waals surface area contributed by atoms with Gasteiger partial charge in [0.1, 0.15) is 12.3 Å². The van der Waals surface area contributed by atoms with Crippen LogP contribution < -0.4 is 14.8 Å². The number of nitrogens with zero attached hydrogens (tertiary/aromatic N) is 3. The number of carbonyl (C=O) groups is 1. The van der Waals surface area contributed by atoms with Gasteiger partial charge in [-0.05, 0) is 25.1 Å². The van der Waals surface area contributed by atoms with E-state index in [0.717, 1.165) is 5.69 Å². The van der Waals surface area contributed by atoms with Gasteiger partial charge in [-0.25, -0.2) is 0 Å². The molecular weight excluding hydrogens is 364 g/mol. The first kappa shape index (κ1) is 18.9. The quantitative estimate of drug-likeness (QED) is 0.494. The molecule has 9 heteroatoms. The normalized spacial score (nSPS) is 10.4. The lowest BCUT2D eigenvalue weighted by atomic mass is 10.2. The molecule has 0 radical (unpaired) electrons. The molecule has 0 atom stereocenters. The Morgan fingerprint density at radius 1 is 1.21 bits per heavy atom. The fraction of sp³-hybridized carbons (Fsp3) is 0.158. The number of carbonyl (C=O) groups excluding carboxylic acids is 1. The number of benzene rings is 2. The molecule has 1 N–H and O–H groups in total. The van der Waals surface area contributed by atoms with E-state index in [-0.39, 0.29) is 29.6 Å². The summed E-state index contributed by atoms with van der Waals surface area (Å²) in [6.45, 7) is 1.80. The van der Waals surface area contributed by atoms with Crippen molar-refractivity contribution in [2.45, 2.75) is 13.5 Å². The van der Waals surface area contributed by atoms with Crippen molar-refractivity contribution in [2.24, 2.45) is 0 Å². The minimum absolute atomic E-state index is 0.0147. The zero-order chi connectivity index (χ0) is 20.1. The van der Waals surface area contributed by atoms with E-state index in [1.165, 1.54) is 30.0 Å². The number of non-ortho nitro benzene ring substituents is 1. The van der Waals surface area contributed by atoms with Crippen LogP contribution in [0.15, 0.2) is 54.7 Å². The zero-order valence-corrected chi connectivity index (χ0v) is 15.3. The molecule has 0 bridgehead atoms. The summed E-state index contributed by atoms with van der Waals surface area (Å²) in [4.78, 5) is 22.9. The molecule has 0 saturated carbocycles. The van der Waals surface area contributed by atoms with Crippen LogP contribution in [0.2, 0.25) is 0 Å². The second kappa shape index (κ2) is 8.21. The van der Waals surface area contributed by atoms with Crippen LogP contribution in [0.5, 0.6) is 17.2 Å². The number of nitro groups is 1. The van der Waals surface area contributed by atoms with E-state index in [0.29, 0.717) is 11.5 Å². The molecule has 144 valence electrons. The summed E-state index contributed by atoms with van der Waals surface area (Å²) in [5, 5.41) is 18.0. The summed E-state index contributed by atoms with van der Waals surface area (Å²) < 4.78 is 12.4. The van der Waals surface area contributed by atoms with E-state index < -0.39 is 4.92 Å². The molecule has 0 unspecified atom stereocenters. The summed E-state index contributed by atoms with van der Waals surface area (Å²) in [6, 6.07) is 12.7. The molecule has 1 amide bonds. The van der Waals surface area contributed by atoms with Crippen molar-refractivity contribution in [3.63, 3.8) is 0 Å². The standard InChI is InChI=1S/C19H18N4O5/c1-13-7-8-22(21-13)12-19(24)20-14-9-15(23(25)26)11-16(10-14)28-18-6-4-3-5-17(18)27-2/h3-11H,12H2,1-2H3,(H,20,24). The Morgan fingerprint density at radius 3 is 2.61 bits per heavy atom. The predicted molar refractivity (Wildman–Crippen MR) is 102 cm³/mol. The number of aromatic nitrogens is 2. The molecule has 0 aliphatic carbocycles. The van der Waals surface area contributed by atoms with Crippen LogP contribution in [0.4, 0.5) is 11.4 Å². The first-order valence-corrected chi connectivity index (χ1v) is 8.35. The Hall–Kier alpha value is -3.88. The van der Waals surface area contributed by atoms with Gasteiger partial charge < -0.3 is 14.8 Å². The molecule has 0 aliphatic rings. The Bertz CT molecular complexity index is 1020. The SMILES string of the molecule is COc1ccccc1Oc1cc(NC(=O)Cn2ccc(C)n2)cc([N+](=O)[O-])c1. The van der Waals surface area contributed by atoms with Gasteiger partial charge in [0.05, 0.1) is 29.5 Å². The van der Waals surface area contributed by atoms with Crippen LogP contribution in [0.3, 0.4) is 0 Å². The molecule has 9 nitrogen and oxygen atoms in total. The Balaban J connectivity index is 1.83. The smallest absolute Gasteiger partial charge is 0.275 e. The largest absolute Gasteiger partial charge is 0.493 e. The third-order valence-corrected chi connectivity index (χ3v) is 3.76. The lowest BCUT2D eigenvalue weighted by Gasteiger charge is -2.12. The molecule has 1 aromatic heterocycles. The van der Waals surface area contributed by atoms with E-state index >= 15 is 0 Å². The van der Waals surface area contributed by atoms with Crippen LogP contribution in [0.1, 0.15) is 5.69 Å². The molecular formula is C19H18N4O5. The molecule has 1 heterocycles. The van der Waals surface area contributed by atoms with Gasteiger partial charge in [-0.1, -0.05) is 12.1 Å². The van der Waals surface area contributed by atoms with Crippen molar-refractivity contribution >= 4 is 17.3 Å². The van der Waals surface area contributed by atoms with Crippen LogP contribution in [-0.2, 0) is 11.3 Å². The van der Waals surface area contributed by atoms with Crippen molar-refractivity contribution in [1.82, 2.24) is 9.78 Å². The number of aryl methyl sites for hydroxylation is 1. The van der Waals surface area contributed by atoms with Crippen molar-refractivity contribution in [1.29, 1.82) is 0 Å². The van der Waals surface area contributed by atoms with Crippen molar-refractivity contribution in [3.05, 3.63) is 70.5 Å². The monoisotopic (exact) mass is 382 g/mol. The van der Waals surface area contributed by atoms with E-state index in [1.54, 1.807) is 36.5 Å². The molecule has 2 aromatic carbocycles. The maximum atomic E-state index is 12.2. The second-order valence-corrected chi connectivity index (χ2v) is 5.93. The van der Waals surface area contributed by atoms with Crippen LogP contribution in [-0.4, -0.2) is 27.7 Å². The lowest BCUT2D eigenvalue weighted by molar-refractivity contribution is -0.384. The number of anilines is 1. The van der Waals surface area contributed by atoms with E-state index in [2.05, 4.69) is 10.4 Å². The average Bonchev–Trinajstić information content (AvgIpc) is 3.06. The average molecular weight is 382 g/mol. The van der Waals surface area contributed by atoms with Gasteiger partial charge in [0.2, 0.25) is 5.91 Å². The molecule has 0 aliphatic heterocycles. The number of rotatable bonds is 7. The third kappa shape index (κ3) is 4.64. The summed E-state index contributed by atoms with van der Waals surface area (Å²) >= 11 is 0. The molecule has 0 saturated heterocycles. The Labute approximate surface area is 160 Å². The number of hydrogen-bond acceptors (Lipinski definition) is 6. The molecule has 0 fully saturated rings. The maximum absolute atomic E-state index is 12.2. The first-order valence-electron chi connectivity index (χ1n) is 8.35. The number of nitro benzene ring substituents is 1. The summed E-state index contributed by atoms with van der Waals surface area (Å²) in [5.41, 5.74) is 0.821. The summed E-state index contributed by atoms with van der Waals surface area (Å²) in [7, 11) is 1.50. The highest BCUT2D eigenvalue weighted by Crippen LogP contribution is 2.34. The van der Waals surface area contributed by atoms with Gasteiger partial charge in [0.15, 0.2) is 11.5 Å². The minimum atomic E-state index is -0.554. The molecule has 0 spiro atoms. The molecule has 3 aromatic rings. The topological polar surface area (TPSA) is 109 Å². The number of methoxy groups -OCH3 is 1. The number of nitrogens with one attached hydrogen (secondary N) is 1. The van der Waals surface area contributed by atoms with Gasteiger partial charge in [-0.15, -0.1) is 0 Å². The van der Waals surface area contributed by atoms with Crippen LogP contribution in [0, 0.1) is 17.0 Å². The fourth-order valence-electron chi connectivity index (χ4n) is 2.55. The third-order valence-electron chi connectivity index (χ3n) is 3.76. The lowest BCUT2D eigenvalue weighted by Crippen LogP contribution is -2.19. The van der Waals surface area contributed by atoms with Crippen molar-refractivity contribution in [3.8, 4) is 17.2 Å². The number of hydrogen-bond donors (Lipinski definition) is 1. The Kier molecular flexibility index (Phi) is 5.54. The van der Waals surface area contributed by atoms with Gasteiger partial charge in [0, 0.05) is 18.3 Å². The highest BCUT2D eigenvalue weighted by molar-refractivity contribution is 5.91. The zero-order valence-electron chi connectivity index (χ0n) is 15.3. The number of ether oxygens (including phenoxy) is 2. The summed E-state index contributed by atoms with van der Waals surface area (Å²) in [6.07, 6.45) is 1.68. The van der Waals surface area contributed by atoms with Gasteiger partial charge in [0.25, 0.3) is 5.69 Å². The minimum Gasteiger partial charge on any atom is -0.493 e. The maximum Gasteiger partial charge on any atom is 0.275 e. The second-order valence-electron chi connectivity index (χ2n) is 5.93. The van der Waals surface area contributed by atoms with Crippen LogP contribution in [0.25, 0.3) is 0 Å². The van der Waals surface area contributed by atoms with Gasteiger partial charge >= 0.3 is 0 Å². The Morgan fingerprint density at radius 2 is 1.96 bits per heavy atom. The predicted octanol–water partition coefficient (Wildman–Crippen LogP) is 3.54. The molecule has 3 rings (SSSR count). The first-order chi connectivity index (χ1) is 13.4. The van der Waals surface area contributed by atoms with E-state index in [1.807, 2.05) is 6.92 Å². The molecule has 28 heavy (non-hydrogen) atoms. The highest BCUT2D eigenvalue weighted by Gasteiger charge is 2.14. The van der Waals surface area contributed by atoms with Crippen molar-refractivity contribution in [2.75, 3.05) is 12.4 Å². The number of amides is 1.